The van der Waals surface area contributed by atoms with Crippen molar-refractivity contribution < 1.29 is 23.4 Å². The number of hydrogen-bond donors (Lipinski definition) is 3. The van der Waals surface area contributed by atoms with E-state index in [0.29, 0.717) is 11.1 Å². The first-order chi connectivity index (χ1) is 10.7. The molecule has 0 heterocycles. The minimum absolute atomic E-state index is 0.0671. The molecule has 0 amide bonds. The molecule has 0 aromatic heterocycles. The Bertz CT molecular complexity index is 826. The number of carboxylic acid groups (broad SMARTS) is 1. The number of aromatic hydroxyl groups is 1. The van der Waals surface area contributed by atoms with Gasteiger partial charge in [-0.1, -0.05) is 12.1 Å². The summed E-state index contributed by atoms with van der Waals surface area (Å²) in [5.41, 5.74) is 0.917. The van der Waals surface area contributed by atoms with Gasteiger partial charge in [-0.3, -0.25) is 0 Å². The second kappa shape index (κ2) is 6.39. The SMILES string of the molecule is CC(C)NS(=O)(=O)c1cc(C(=O)O)cc(-c2ccc(O)cc2)c1. The number of rotatable bonds is 5. The van der Waals surface area contributed by atoms with E-state index in [1.165, 1.54) is 24.3 Å². The molecule has 0 aliphatic carbocycles. The average molecular weight is 335 g/mol. The minimum atomic E-state index is -3.82. The molecule has 0 saturated heterocycles. The lowest BCUT2D eigenvalue weighted by Crippen LogP contribution is -2.30. The maximum atomic E-state index is 12.3. The van der Waals surface area contributed by atoms with Crippen molar-refractivity contribution in [2.45, 2.75) is 24.8 Å². The average Bonchev–Trinajstić information content (AvgIpc) is 2.46. The Balaban J connectivity index is 2.61. The molecule has 0 spiro atoms. The van der Waals surface area contributed by atoms with Gasteiger partial charge in [-0.15, -0.1) is 0 Å². The van der Waals surface area contributed by atoms with Crippen LogP contribution in [0, 0.1) is 0 Å². The van der Waals surface area contributed by atoms with Gasteiger partial charge in [0, 0.05) is 6.04 Å². The summed E-state index contributed by atoms with van der Waals surface area (Å²) in [6.45, 7) is 3.36. The van der Waals surface area contributed by atoms with E-state index in [1.54, 1.807) is 26.0 Å². The number of phenolic OH excluding ortho intramolecular Hbond substituents is 1. The van der Waals surface area contributed by atoms with Gasteiger partial charge in [0.05, 0.1) is 10.5 Å². The number of benzene rings is 2. The molecule has 0 atom stereocenters. The smallest absolute Gasteiger partial charge is 0.335 e. The van der Waals surface area contributed by atoms with E-state index in [9.17, 15) is 23.4 Å². The molecule has 2 aromatic rings. The van der Waals surface area contributed by atoms with Crippen molar-refractivity contribution in [1.82, 2.24) is 4.72 Å². The van der Waals surface area contributed by atoms with E-state index >= 15 is 0 Å². The highest BCUT2D eigenvalue weighted by atomic mass is 32.2. The Morgan fingerprint density at radius 3 is 2.17 bits per heavy atom. The summed E-state index contributed by atoms with van der Waals surface area (Å²) < 4.78 is 27.1. The monoisotopic (exact) mass is 335 g/mol. The first kappa shape index (κ1) is 17.0. The summed E-state index contributed by atoms with van der Waals surface area (Å²) in [6.07, 6.45) is 0. The van der Waals surface area contributed by atoms with Gasteiger partial charge < -0.3 is 10.2 Å². The molecule has 2 aromatic carbocycles. The zero-order valence-corrected chi connectivity index (χ0v) is 13.5. The third-order valence-corrected chi connectivity index (χ3v) is 4.69. The van der Waals surface area contributed by atoms with E-state index in [0.717, 1.165) is 6.07 Å². The maximum absolute atomic E-state index is 12.3. The van der Waals surface area contributed by atoms with Crippen LogP contribution in [-0.2, 0) is 10.0 Å². The molecule has 3 N–H and O–H groups in total. The molecule has 0 saturated carbocycles. The molecule has 0 unspecified atom stereocenters. The molecular formula is C16H17NO5S. The number of carboxylic acids is 1. The van der Waals surface area contributed by atoms with Gasteiger partial charge in [0.1, 0.15) is 5.75 Å². The molecule has 0 aliphatic heterocycles. The summed E-state index contributed by atoms with van der Waals surface area (Å²) in [6, 6.07) is 9.67. The van der Waals surface area contributed by atoms with Gasteiger partial charge in [-0.25, -0.2) is 17.9 Å². The van der Waals surface area contributed by atoms with Crippen LogP contribution in [0.5, 0.6) is 5.75 Å². The fourth-order valence-electron chi connectivity index (χ4n) is 2.08. The van der Waals surface area contributed by atoms with Crippen LogP contribution in [0.15, 0.2) is 47.4 Å². The van der Waals surface area contributed by atoms with Gasteiger partial charge >= 0.3 is 5.97 Å². The Morgan fingerprint density at radius 2 is 1.65 bits per heavy atom. The van der Waals surface area contributed by atoms with Crippen LogP contribution in [0.25, 0.3) is 11.1 Å². The van der Waals surface area contributed by atoms with Gasteiger partial charge in [0.15, 0.2) is 0 Å². The quantitative estimate of drug-likeness (QED) is 0.778. The van der Waals surface area contributed by atoms with Crippen molar-refractivity contribution in [1.29, 1.82) is 0 Å². The van der Waals surface area contributed by atoms with Crippen molar-refractivity contribution in [2.24, 2.45) is 0 Å². The summed E-state index contributed by atoms with van der Waals surface area (Å²) in [7, 11) is -3.82. The largest absolute Gasteiger partial charge is 0.508 e. The number of nitrogens with one attached hydrogen (secondary N) is 1. The Labute approximate surface area is 134 Å². The third-order valence-electron chi connectivity index (χ3n) is 3.06. The predicted octanol–water partition coefficient (Wildman–Crippen LogP) is 2.44. The van der Waals surface area contributed by atoms with E-state index in [-0.39, 0.29) is 22.3 Å². The number of carbonyl (C=O) groups is 1. The Morgan fingerprint density at radius 1 is 1.04 bits per heavy atom. The van der Waals surface area contributed by atoms with Crippen molar-refractivity contribution in [3.05, 3.63) is 48.0 Å². The van der Waals surface area contributed by atoms with E-state index in [4.69, 9.17) is 0 Å². The summed E-state index contributed by atoms with van der Waals surface area (Å²) in [5, 5.41) is 18.5. The van der Waals surface area contributed by atoms with E-state index in [2.05, 4.69) is 4.72 Å². The van der Waals surface area contributed by atoms with Crippen LogP contribution in [0.3, 0.4) is 0 Å². The first-order valence-electron chi connectivity index (χ1n) is 6.89. The van der Waals surface area contributed by atoms with Crippen molar-refractivity contribution >= 4 is 16.0 Å². The lowest BCUT2D eigenvalue weighted by Gasteiger charge is -2.12. The molecule has 23 heavy (non-hydrogen) atoms. The fourth-order valence-corrected chi connectivity index (χ4v) is 3.40. The second-order valence-electron chi connectivity index (χ2n) is 5.37. The topological polar surface area (TPSA) is 104 Å². The highest BCUT2D eigenvalue weighted by molar-refractivity contribution is 7.89. The van der Waals surface area contributed by atoms with Crippen LogP contribution < -0.4 is 4.72 Å². The Kier molecular flexibility index (Phi) is 4.72. The molecule has 0 bridgehead atoms. The Hall–Kier alpha value is -2.38. The van der Waals surface area contributed by atoms with Crippen molar-refractivity contribution in [3.8, 4) is 16.9 Å². The zero-order chi connectivity index (χ0) is 17.2. The first-order valence-corrected chi connectivity index (χ1v) is 8.37. The molecule has 2 rings (SSSR count). The lowest BCUT2D eigenvalue weighted by atomic mass is 10.0. The van der Waals surface area contributed by atoms with Gasteiger partial charge in [-0.05, 0) is 55.3 Å². The highest BCUT2D eigenvalue weighted by Crippen LogP contribution is 2.26. The molecule has 0 aliphatic rings. The van der Waals surface area contributed by atoms with Crippen molar-refractivity contribution in [2.75, 3.05) is 0 Å². The van der Waals surface area contributed by atoms with Crippen LogP contribution in [0.2, 0.25) is 0 Å². The molecule has 7 heteroatoms. The van der Waals surface area contributed by atoms with E-state index in [1.807, 2.05) is 0 Å². The summed E-state index contributed by atoms with van der Waals surface area (Å²) in [5.74, 6) is -1.15. The normalized spacial score (nSPS) is 11.6. The van der Waals surface area contributed by atoms with Crippen molar-refractivity contribution in [3.63, 3.8) is 0 Å². The minimum Gasteiger partial charge on any atom is -0.508 e. The van der Waals surface area contributed by atoms with Crippen LogP contribution in [0.4, 0.5) is 0 Å². The number of sulfonamides is 1. The van der Waals surface area contributed by atoms with Crippen LogP contribution in [-0.4, -0.2) is 30.6 Å². The summed E-state index contributed by atoms with van der Waals surface area (Å²) >= 11 is 0. The zero-order valence-electron chi connectivity index (χ0n) is 12.6. The number of aromatic carboxylic acids is 1. The number of phenols is 1. The molecule has 0 radical (unpaired) electrons. The molecule has 6 nitrogen and oxygen atoms in total. The van der Waals surface area contributed by atoms with Gasteiger partial charge in [0.2, 0.25) is 10.0 Å². The second-order valence-corrected chi connectivity index (χ2v) is 7.09. The summed E-state index contributed by atoms with van der Waals surface area (Å²) in [4.78, 5) is 11.2. The van der Waals surface area contributed by atoms with Gasteiger partial charge in [0.25, 0.3) is 0 Å². The predicted molar refractivity (Wildman–Crippen MR) is 86.0 cm³/mol. The standard InChI is InChI=1S/C16H17NO5S/c1-10(2)17-23(21,22)15-8-12(7-13(9-15)16(19)20)11-3-5-14(18)6-4-11/h3-10,17-18H,1-2H3,(H,19,20). The lowest BCUT2D eigenvalue weighted by molar-refractivity contribution is 0.0696. The molecule has 122 valence electrons. The number of hydrogen-bond acceptors (Lipinski definition) is 4. The molecule has 0 fully saturated rings. The third kappa shape index (κ3) is 4.08. The van der Waals surface area contributed by atoms with Crippen LogP contribution >= 0.6 is 0 Å². The van der Waals surface area contributed by atoms with Gasteiger partial charge in [-0.2, -0.15) is 0 Å². The maximum Gasteiger partial charge on any atom is 0.335 e. The van der Waals surface area contributed by atoms with Crippen LogP contribution in [0.1, 0.15) is 24.2 Å². The van der Waals surface area contributed by atoms with E-state index < -0.39 is 16.0 Å². The highest BCUT2D eigenvalue weighted by Gasteiger charge is 2.19. The molecular weight excluding hydrogens is 318 g/mol. The fraction of sp³-hybridized carbons (Fsp3) is 0.188.